The highest BCUT2D eigenvalue weighted by atomic mass is 16.5. The van der Waals surface area contributed by atoms with E-state index in [1.54, 1.807) is 0 Å². The molecule has 1 aromatic carbocycles. The van der Waals surface area contributed by atoms with Gasteiger partial charge in [0.2, 0.25) is 0 Å². The maximum atomic E-state index is 5.70. The molecule has 1 fully saturated rings. The zero-order valence-electron chi connectivity index (χ0n) is 11.5. The van der Waals surface area contributed by atoms with Crippen molar-refractivity contribution in [1.29, 1.82) is 0 Å². The van der Waals surface area contributed by atoms with Crippen LogP contribution in [0.25, 0.3) is 0 Å². The van der Waals surface area contributed by atoms with Crippen LogP contribution in [-0.4, -0.2) is 26.8 Å². The zero-order valence-corrected chi connectivity index (χ0v) is 11.5. The van der Waals surface area contributed by atoms with Crippen LogP contribution in [0.2, 0.25) is 0 Å². The molecule has 1 heterocycles. The lowest BCUT2D eigenvalue weighted by molar-refractivity contribution is 0.0576. The first kappa shape index (κ1) is 13.4. The number of nitrogens with zero attached hydrogens (tertiary/aromatic N) is 1. The molecular weight excluding hydrogens is 224 g/mol. The van der Waals surface area contributed by atoms with Gasteiger partial charge in [-0.15, -0.1) is 0 Å². The van der Waals surface area contributed by atoms with E-state index in [0.29, 0.717) is 12.5 Å². The van der Waals surface area contributed by atoms with Gasteiger partial charge in [-0.2, -0.15) is 0 Å². The van der Waals surface area contributed by atoms with Crippen molar-refractivity contribution >= 4 is 5.69 Å². The Morgan fingerprint density at radius 1 is 1.44 bits per heavy atom. The summed E-state index contributed by atoms with van der Waals surface area (Å²) in [5.41, 5.74) is 9.48. The van der Waals surface area contributed by atoms with Crippen molar-refractivity contribution in [2.24, 2.45) is 11.7 Å². The van der Waals surface area contributed by atoms with Crippen LogP contribution in [0.1, 0.15) is 24.0 Å². The molecule has 3 nitrogen and oxygen atoms in total. The smallest absolute Gasteiger partial charge is 0.0511 e. The van der Waals surface area contributed by atoms with Gasteiger partial charge in [-0.25, -0.2) is 0 Å². The van der Waals surface area contributed by atoms with E-state index in [1.807, 2.05) is 0 Å². The van der Waals surface area contributed by atoms with Crippen molar-refractivity contribution in [3.63, 3.8) is 0 Å². The maximum Gasteiger partial charge on any atom is 0.0511 e. The van der Waals surface area contributed by atoms with E-state index in [-0.39, 0.29) is 0 Å². The van der Waals surface area contributed by atoms with Crippen LogP contribution in [0.5, 0.6) is 0 Å². The molecule has 2 rings (SSSR count). The molecule has 0 aromatic heterocycles. The minimum absolute atomic E-state index is 0.617. The number of nitrogens with two attached hydrogens (primary N) is 1. The maximum absolute atomic E-state index is 5.70. The quantitative estimate of drug-likeness (QED) is 0.888. The summed E-state index contributed by atoms with van der Waals surface area (Å²) in [6.07, 6.45) is 2.48. The van der Waals surface area contributed by atoms with Gasteiger partial charge in [-0.1, -0.05) is 6.07 Å². The van der Waals surface area contributed by atoms with Gasteiger partial charge in [0.25, 0.3) is 0 Å². The molecule has 1 unspecified atom stereocenters. The Kier molecular flexibility index (Phi) is 4.61. The summed E-state index contributed by atoms with van der Waals surface area (Å²) < 4.78 is 5.54. The van der Waals surface area contributed by atoms with Crippen molar-refractivity contribution in [2.45, 2.75) is 26.3 Å². The first-order valence-electron chi connectivity index (χ1n) is 6.79. The number of anilines is 1. The molecule has 1 atom stereocenters. The van der Waals surface area contributed by atoms with E-state index < -0.39 is 0 Å². The van der Waals surface area contributed by atoms with Crippen LogP contribution in [0.3, 0.4) is 0 Å². The van der Waals surface area contributed by atoms with E-state index in [2.05, 4.69) is 37.1 Å². The number of aryl methyl sites for hydroxylation is 1. The van der Waals surface area contributed by atoms with Gasteiger partial charge in [0.05, 0.1) is 6.61 Å². The number of ether oxygens (including phenoxy) is 1. The second kappa shape index (κ2) is 6.21. The van der Waals surface area contributed by atoms with E-state index >= 15 is 0 Å². The molecule has 0 amide bonds. The van der Waals surface area contributed by atoms with Crippen LogP contribution in [0.4, 0.5) is 5.69 Å². The SMILES string of the molecule is Cc1cc(N(C)CC2CCCOC2)ccc1CN. The first-order chi connectivity index (χ1) is 8.70. The predicted octanol–water partition coefficient (Wildman–Crippen LogP) is 2.32. The third kappa shape index (κ3) is 3.24. The highest BCUT2D eigenvalue weighted by Crippen LogP contribution is 2.21. The van der Waals surface area contributed by atoms with Gasteiger partial charge in [0.1, 0.15) is 0 Å². The Bertz CT molecular complexity index is 386. The largest absolute Gasteiger partial charge is 0.381 e. The lowest BCUT2D eigenvalue weighted by Gasteiger charge is -2.28. The third-order valence-electron chi connectivity index (χ3n) is 3.77. The molecule has 0 saturated carbocycles. The summed E-state index contributed by atoms with van der Waals surface area (Å²) in [7, 11) is 2.16. The minimum Gasteiger partial charge on any atom is -0.381 e. The second-order valence-corrected chi connectivity index (χ2v) is 5.28. The van der Waals surface area contributed by atoms with Crippen LogP contribution < -0.4 is 10.6 Å². The molecule has 100 valence electrons. The minimum atomic E-state index is 0.617. The summed E-state index contributed by atoms with van der Waals surface area (Å²) in [5.74, 6) is 0.665. The lowest BCUT2D eigenvalue weighted by atomic mass is 10.0. The molecule has 0 radical (unpaired) electrons. The van der Waals surface area contributed by atoms with E-state index in [4.69, 9.17) is 10.5 Å². The van der Waals surface area contributed by atoms with Crippen LogP contribution >= 0.6 is 0 Å². The summed E-state index contributed by atoms with van der Waals surface area (Å²) in [4.78, 5) is 2.33. The lowest BCUT2D eigenvalue weighted by Crippen LogP contribution is -2.30. The topological polar surface area (TPSA) is 38.5 Å². The fraction of sp³-hybridized carbons (Fsp3) is 0.600. The molecule has 1 aliphatic heterocycles. The standard InChI is InChI=1S/C15H24N2O/c1-12-8-15(6-5-14(12)9-16)17(2)10-13-4-3-7-18-11-13/h5-6,8,13H,3-4,7,9-11,16H2,1-2H3. The Labute approximate surface area is 110 Å². The van der Waals surface area contributed by atoms with Gasteiger partial charge in [0, 0.05) is 32.4 Å². The molecule has 0 bridgehead atoms. The summed E-state index contributed by atoms with van der Waals surface area (Å²) in [6, 6.07) is 6.53. The summed E-state index contributed by atoms with van der Waals surface area (Å²) >= 11 is 0. The average molecular weight is 248 g/mol. The average Bonchev–Trinajstić information content (AvgIpc) is 2.39. The van der Waals surface area contributed by atoms with Gasteiger partial charge >= 0.3 is 0 Å². The first-order valence-corrected chi connectivity index (χ1v) is 6.79. The highest BCUT2D eigenvalue weighted by molar-refractivity contribution is 5.50. The predicted molar refractivity (Wildman–Crippen MR) is 75.9 cm³/mol. The van der Waals surface area contributed by atoms with Crippen molar-refractivity contribution in [3.8, 4) is 0 Å². The van der Waals surface area contributed by atoms with Crippen LogP contribution in [-0.2, 0) is 11.3 Å². The van der Waals surface area contributed by atoms with Crippen LogP contribution in [0.15, 0.2) is 18.2 Å². The molecule has 1 aromatic rings. The number of hydrogen-bond donors (Lipinski definition) is 1. The Morgan fingerprint density at radius 2 is 2.28 bits per heavy atom. The number of benzene rings is 1. The van der Waals surface area contributed by atoms with Crippen molar-refractivity contribution in [2.75, 3.05) is 31.7 Å². The third-order valence-corrected chi connectivity index (χ3v) is 3.77. The second-order valence-electron chi connectivity index (χ2n) is 5.28. The molecule has 0 spiro atoms. The highest BCUT2D eigenvalue weighted by Gasteiger charge is 2.16. The number of hydrogen-bond acceptors (Lipinski definition) is 3. The Balaban J connectivity index is 1.99. The van der Waals surface area contributed by atoms with Crippen molar-refractivity contribution in [1.82, 2.24) is 0 Å². The van der Waals surface area contributed by atoms with Crippen LogP contribution in [0, 0.1) is 12.8 Å². The van der Waals surface area contributed by atoms with E-state index in [1.165, 1.54) is 29.7 Å². The Hall–Kier alpha value is -1.06. The fourth-order valence-corrected chi connectivity index (χ4v) is 2.59. The molecule has 0 aliphatic carbocycles. The molecule has 1 aliphatic rings. The molecule has 1 saturated heterocycles. The van der Waals surface area contributed by atoms with Gasteiger partial charge < -0.3 is 15.4 Å². The van der Waals surface area contributed by atoms with Crippen molar-refractivity contribution < 1.29 is 4.74 Å². The van der Waals surface area contributed by atoms with Gasteiger partial charge in [0.15, 0.2) is 0 Å². The normalized spacial score (nSPS) is 19.8. The Morgan fingerprint density at radius 3 is 2.89 bits per heavy atom. The summed E-state index contributed by atoms with van der Waals surface area (Å²) in [6.45, 7) is 5.66. The van der Waals surface area contributed by atoms with E-state index in [9.17, 15) is 0 Å². The van der Waals surface area contributed by atoms with Crippen molar-refractivity contribution in [3.05, 3.63) is 29.3 Å². The number of rotatable bonds is 4. The zero-order chi connectivity index (χ0) is 13.0. The van der Waals surface area contributed by atoms with Gasteiger partial charge in [-0.05, 0) is 48.9 Å². The monoisotopic (exact) mass is 248 g/mol. The van der Waals surface area contributed by atoms with E-state index in [0.717, 1.165) is 19.8 Å². The summed E-state index contributed by atoms with van der Waals surface area (Å²) in [5, 5.41) is 0. The van der Waals surface area contributed by atoms with Gasteiger partial charge in [-0.3, -0.25) is 0 Å². The molecule has 3 heteroatoms. The molecular formula is C15H24N2O. The molecule has 2 N–H and O–H groups in total. The fourth-order valence-electron chi connectivity index (χ4n) is 2.59. The molecule has 18 heavy (non-hydrogen) atoms.